The fourth-order valence-electron chi connectivity index (χ4n) is 1.73. The molecule has 0 aliphatic rings. The lowest BCUT2D eigenvalue weighted by Crippen LogP contribution is -2.31. The average molecular weight is 334 g/mol. The van der Waals surface area contributed by atoms with Gasteiger partial charge in [-0.25, -0.2) is 0 Å². The van der Waals surface area contributed by atoms with Gasteiger partial charge >= 0.3 is 6.18 Å². The number of nitrogens with zero attached hydrogens (tertiary/aromatic N) is 1. The van der Waals surface area contributed by atoms with Crippen LogP contribution in [-0.2, 0) is 11.0 Å². The zero-order chi connectivity index (χ0) is 17.5. The number of nitro groups is 1. The molecule has 1 aromatic rings. The molecule has 0 aliphatic carbocycles. The first-order valence-electron chi connectivity index (χ1n) is 6.76. The Morgan fingerprint density at radius 2 is 1.96 bits per heavy atom. The van der Waals surface area contributed by atoms with E-state index in [1.54, 1.807) is 7.05 Å². The van der Waals surface area contributed by atoms with Gasteiger partial charge in [-0.1, -0.05) is 0 Å². The van der Waals surface area contributed by atoms with Crippen molar-refractivity contribution in [1.82, 2.24) is 10.6 Å². The number of rotatable bonds is 8. The van der Waals surface area contributed by atoms with Gasteiger partial charge in [-0.05, 0) is 19.2 Å². The molecule has 0 spiro atoms. The van der Waals surface area contributed by atoms with Crippen molar-refractivity contribution in [2.45, 2.75) is 12.6 Å². The van der Waals surface area contributed by atoms with Crippen LogP contribution in [0, 0.1) is 10.1 Å². The van der Waals surface area contributed by atoms with E-state index in [0.717, 1.165) is 12.1 Å². The molecule has 0 aromatic heterocycles. The highest BCUT2D eigenvalue weighted by molar-refractivity contribution is 5.76. The third-order valence-corrected chi connectivity index (χ3v) is 2.89. The highest BCUT2D eigenvalue weighted by Crippen LogP contribution is 2.34. The number of carbonyl (C=O) groups is 1. The highest BCUT2D eigenvalue weighted by atomic mass is 19.4. The van der Waals surface area contributed by atoms with Crippen molar-refractivity contribution < 1.29 is 22.9 Å². The Hall–Kier alpha value is -2.36. The summed E-state index contributed by atoms with van der Waals surface area (Å²) in [5.41, 5.74) is -1.85. The molecular weight excluding hydrogens is 317 g/mol. The van der Waals surface area contributed by atoms with Gasteiger partial charge in [0.25, 0.3) is 5.69 Å². The number of alkyl halides is 3. The normalized spacial score (nSPS) is 11.1. The van der Waals surface area contributed by atoms with Crippen LogP contribution in [0.25, 0.3) is 0 Å². The van der Waals surface area contributed by atoms with Gasteiger partial charge < -0.3 is 16.0 Å². The molecule has 0 unspecified atom stereocenters. The SMILES string of the molecule is CNCCNC(=O)CCNc1ccc(C(F)(F)F)cc1[N+](=O)[O-]. The molecule has 0 radical (unpaired) electrons. The fraction of sp³-hybridized carbons (Fsp3) is 0.462. The smallest absolute Gasteiger partial charge is 0.379 e. The van der Waals surface area contributed by atoms with E-state index in [1.807, 2.05) is 0 Å². The predicted molar refractivity (Wildman–Crippen MR) is 78.1 cm³/mol. The number of halogens is 3. The van der Waals surface area contributed by atoms with Crippen LogP contribution in [0.2, 0.25) is 0 Å². The quantitative estimate of drug-likeness (QED) is 0.382. The molecule has 10 heteroatoms. The minimum absolute atomic E-state index is 0.0435. The maximum Gasteiger partial charge on any atom is 0.416 e. The van der Waals surface area contributed by atoms with Crippen molar-refractivity contribution in [2.75, 3.05) is 32.0 Å². The van der Waals surface area contributed by atoms with Gasteiger partial charge in [-0.15, -0.1) is 0 Å². The second kappa shape index (κ2) is 8.32. The molecule has 0 heterocycles. The molecule has 0 fully saturated rings. The minimum Gasteiger partial charge on any atom is -0.379 e. The topological polar surface area (TPSA) is 96.3 Å². The molecule has 0 saturated heterocycles. The van der Waals surface area contributed by atoms with E-state index >= 15 is 0 Å². The summed E-state index contributed by atoms with van der Waals surface area (Å²) in [5.74, 6) is -0.262. The molecular formula is C13H17F3N4O3. The number of likely N-dealkylation sites (N-methyl/N-ethyl adjacent to an activating group) is 1. The van der Waals surface area contributed by atoms with Crippen molar-refractivity contribution in [3.8, 4) is 0 Å². The molecule has 7 nitrogen and oxygen atoms in total. The van der Waals surface area contributed by atoms with Crippen LogP contribution < -0.4 is 16.0 Å². The monoisotopic (exact) mass is 334 g/mol. The number of hydrogen-bond donors (Lipinski definition) is 3. The summed E-state index contributed by atoms with van der Waals surface area (Å²) in [6.07, 6.45) is -4.61. The lowest BCUT2D eigenvalue weighted by atomic mass is 10.1. The summed E-state index contributed by atoms with van der Waals surface area (Å²) in [6, 6.07) is 2.21. The molecule has 3 N–H and O–H groups in total. The third-order valence-electron chi connectivity index (χ3n) is 2.89. The van der Waals surface area contributed by atoms with E-state index in [0.29, 0.717) is 19.2 Å². The second-order valence-electron chi connectivity index (χ2n) is 4.62. The number of nitro benzene ring substituents is 1. The van der Waals surface area contributed by atoms with Crippen LogP contribution >= 0.6 is 0 Å². The van der Waals surface area contributed by atoms with Crippen LogP contribution in [0.1, 0.15) is 12.0 Å². The van der Waals surface area contributed by atoms with E-state index in [2.05, 4.69) is 16.0 Å². The van der Waals surface area contributed by atoms with Gasteiger partial charge in [0.1, 0.15) is 5.69 Å². The van der Waals surface area contributed by atoms with Crippen molar-refractivity contribution in [2.24, 2.45) is 0 Å². The molecule has 0 bridgehead atoms. The minimum atomic E-state index is -4.66. The Bertz CT molecular complexity index is 564. The van der Waals surface area contributed by atoms with Crippen molar-refractivity contribution in [3.05, 3.63) is 33.9 Å². The maximum absolute atomic E-state index is 12.6. The zero-order valence-corrected chi connectivity index (χ0v) is 12.4. The molecule has 0 atom stereocenters. The number of anilines is 1. The largest absolute Gasteiger partial charge is 0.416 e. The summed E-state index contributed by atoms with van der Waals surface area (Å²) in [5, 5.41) is 19.0. The predicted octanol–water partition coefficient (Wildman–Crippen LogP) is 1.75. The molecule has 0 saturated carbocycles. The summed E-state index contributed by atoms with van der Waals surface area (Å²) >= 11 is 0. The third kappa shape index (κ3) is 6.10. The number of nitrogens with one attached hydrogen (secondary N) is 3. The number of carbonyl (C=O) groups excluding carboxylic acids is 1. The standard InChI is InChI=1S/C13H17F3N4O3/c1-17-6-7-19-12(21)4-5-18-10-3-2-9(13(14,15)16)8-11(10)20(22)23/h2-3,8,17-18H,4-7H2,1H3,(H,19,21). The molecule has 0 aliphatic heterocycles. The molecule has 1 amide bonds. The van der Waals surface area contributed by atoms with Crippen molar-refractivity contribution in [1.29, 1.82) is 0 Å². The lowest BCUT2D eigenvalue weighted by Gasteiger charge is -2.10. The Balaban J connectivity index is 2.66. The van der Waals surface area contributed by atoms with Gasteiger partial charge in [0.15, 0.2) is 0 Å². The first-order valence-corrected chi connectivity index (χ1v) is 6.76. The van der Waals surface area contributed by atoms with Gasteiger partial charge in [0, 0.05) is 32.1 Å². The molecule has 128 valence electrons. The first kappa shape index (κ1) is 18.7. The van der Waals surface area contributed by atoms with Crippen LogP contribution in [0.3, 0.4) is 0 Å². The van der Waals surface area contributed by atoms with E-state index in [1.165, 1.54) is 0 Å². The number of hydrogen-bond acceptors (Lipinski definition) is 5. The fourth-order valence-corrected chi connectivity index (χ4v) is 1.73. The van der Waals surface area contributed by atoms with E-state index in [4.69, 9.17) is 0 Å². The Morgan fingerprint density at radius 3 is 2.52 bits per heavy atom. The number of benzene rings is 1. The molecule has 1 rings (SSSR count). The van der Waals surface area contributed by atoms with Crippen molar-refractivity contribution in [3.63, 3.8) is 0 Å². The summed E-state index contributed by atoms with van der Waals surface area (Å²) in [4.78, 5) is 21.4. The summed E-state index contributed by atoms with van der Waals surface area (Å²) in [6.45, 7) is 1.11. The van der Waals surface area contributed by atoms with E-state index in [9.17, 15) is 28.1 Å². The summed E-state index contributed by atoms with van der Waals surface area (Å²) in [7, 11) is 1.73. The number of amides is 1. The Labute approximate surface area is 130 Å². The highest BCUT2D eigenvalue weighted by Gasteiger charge is 2.32. The Morgan fingerprint density at radius 1 is 1.26 bits per heavy atom. The average Bonchev–Trinajstić information content (AvgIpc) is 2.46. The van der Waals surface area contributed by atoms with Gasteiger partial charge in [-0.2, -0.15) is 13.2 Å². The summed E-state index contributed by atoms with van der Waals surface area (Å²) < 4.78 is 37.7. The molecule has 1 aromatic carbocycles. The van der Waals surface area contributed by atoms with E-state index in [-0.39, 0.29) is 24.6 Å². The zero-order valence-electron chi connectivity index (χ0n) is 12.4. The molecule has 23 heavy (non-hydrogen) atoms. The van der Waals surface area contributed by atoms with E-state index < -0.39 is 22.4 Å². The van der Waals surface area contributed by atoms with Crippen LogP contribution in [-0.4, -0.2) is 37.5 Å². The first-order chi connectivity index (χ1) is 10.8. The second-order valence-corrected chi connectivity index (χ2v) is 4.62. The maximum atomic E-state index is 12.6. The van der Waals surface area contributed by atoms with Crippen LogP contribution in [0.5, 0.6) is 0 Å². The van der Waals surface area contributed by atoms with Crippen LogP contribution in [0.15, 0.2) is 18.2 Å². The van der Waals surface area contributed by atoms with Crippen molar-refractivity contribution >= 4 is 17.3 Å². The van der Waals surface area contributed by atoms with Crippen LogP contribution in [0.4, 0.5) is 24.5 Å². The van der Waals surface area contributed by atoms with Gasteiger partial charge in [0.05, 0.1) is 10.5 Å². The van der Waals surface area contributed by atoms with Gasteiger partial charge in [0.2, 0.25) is 5.91 Å². The van der Waals surface area contributed by atoms with Gasteiger partial charge in [-0.3, -0.25) is 14.9 Å². The Kier molecular flexibility index (Phi) is 6.76. The lowest BCUT2D eigenvalue weighted by molar-refractivity contribution is -0.384.